The maximum atomic E-state index is 6.44. The average Bonchev–Trinajstić information content (AvgIpc) is 3.74. The molecule has 0 saturated carbocycles. The zero-order valence-electron chi connectivity index (χ0n) is 27.5. The number of hydrogen-bond acceptors (Lipinski definition) is 3. The van der Waals surface area contributed by atoms with Crippen LogP contribution in [0.15, 0.2) is 174 Å². The van der Waals surface area contributed by atoms with Crippen molar-refractivity contribution in [2.24, 2.45) is 0 Å². The standard InChI is InChI=1S/C48H28N2O/c1-2-11-31(12-3-1)41-28-42(34-25-20-29-10-4-5-13-33(29)26-34)50-48(49-41)32-23-21-30(22-24-32)35-15-8-16-36-37-17-9-18-39-46(37)40(45(35)36)27-44-47(39)38-14-6-7-19-43(38)51-44/h1-28H. The summed E-state index contributed by atoms with van der Waals surface area (Å²) in [7, 11) is 0. The molecule has 0 bridgehead atoms. The van der Waals surface area contributed by atoms with Gasteiger partial charge in [-0.15, -0.1) is 0 Å². The molecule has 3 nitrogen and oxygen atoms in total. The molecule has 0 saturated heterocycles. The fraction of sp³-hybridized carbons (Fsp3) is 0. The molecule has 1 aliphatic rings. The van der Waals surface area contributed by atoms with Crippen LogP contribution in [-0.4, -0.2) is 9.97 Å². The third-order valence-electron chi connectivity index (χ3n) is 10.4. The Balaban J connectivity index is 1.05. The van der Waals surface area contributed by atoms with Crippen molar-refractivity contribution in [1.82, 2.24) is 9.97 Å². The van der Waals surface area contributed by atoms with E-state index in [1.165, 1.54) is 54.7 Å². The largest absolute Gasteiger partial charge is 0.456 e. The van der Waals surface area contributed by atoms with E-state index in [-0.39, 0.29) is 0 Å². The van der Waals surface area contributed by atoms with Gasteiger partial charge in [0.15, 0.2) is 5.82 Å². The van der Waals surface area contributed by atoms with E-state index in [4.69, 9.17) is 14.4 Å². The number of nitrogens with zero attached hydrogens (tertiary/aromatic N) is 2. The number of para-hydroxylation sites is 1. The minimum Gasteiger partial charge on any atom is -0.456 e. The van der Waals surface area contributed by atoms with Crippen LogP contribution >= 0.6 is 0 Å². The van der Waals surface area contributed by atoms with Gasteiger partial charge in [-0.1, -0.05) is 146 Å². The smallest absolute Gasteiger partial charge is 0.160 e. The Labute approximate surface area is 294 Å². The van der Waals surface area contributed by atoms with Gasteiger partial charge in [-0.2, -0.15) is 0 Å². The van der Waals surface area contributed by atoms with Crippen LogP contribution in [0.2, 0.25) is 0 Å². The summed E-state index contributed by atoms with van der Waals surface area (Å²) in [4.78, 5) is 10.2. The monoisotopic (exact) mass is 648 g/mol. The van der Waals surface area contributed by atoms with E-state index in [0.29, 0.717) is 5.82 Å². The molecular formula is C48H28N2O. The quantitative estimate of drug-likeness (QED) is 0.191. The van der Waals surface area contributed by atoms with Gasteiger partial charge in [-0.3, -0.25) is 0 Å². The third-order valence-corrected chi connectivity index (χ3v) is 10.4. The maximum absolute atomic E-state index is 6.44. The van der Waals surface area contributed by atoms with Crippen molar-refractivity contribution < 1.29 is 4.42 Å². The highest BCUT2D eigenvalue weighted by Gasteiger charge is 2.27. The lowest BCUT2D eigenvalue weighted by Gasteiger charge is -2.12. The molecule has 2 aromatic heterocycles. The van der Waals surface area contributed by atoms with Crippen LogP contribution in [0.25, 0.3) is 111 Å². The SMILES string of the molecule is c1ccc(-c2cc(-c3ccc4ccccc4c3)nc(-c3ccc(-c4cccc5c4-c4cc6oc7ccccc7c6c6cccc-5c46)cc3)n2)cc1. The molecule has 0 spiro atoms. The normalized spacial score (nSPS) is 11.9. The lowest BCUT2D eigenvalue weighted by molar-refractivity contribution is 0.669. The molecule has 0 fully saturated rings. The average molecular weight is 649 g/mol. The van der Waals surface area contributed by atoms with Crippen LogP contribution in [-0.2, 0) is 0 Å². The lowest BCUT2D eigenvalue weighted by atomic mass is 9.92. The van der Waals surface area contributed by atoms with Crippen molar-refractivity contribution in [3.8, 4) is 67.3 Å². The molecule has 236 valence electrons. The summed E-state index contributed by atoms with van der Waals surface area (Å²) < 4.78 is 6.44. The fourth-order valence-corrected chi connectivity index (χ4v) is 8.06. The summed E-state index contributed by atoms with van der Waals surface area (Å²) in [5, 5.41) is 7.28. The van der Waals surface area contributed by atoms with Gasteiger partial charge in [0.25, 0.3) is 0 Å². The molecular weight excluding hydrogens is 621 g/mol. The van der Waals surface area contributed by atoms with E-state index < -0.39 is 0 Å². The van der Waals surface area contributed by atoms with Crippen LogP contribution in [0.1, 0.15) is 0 Å². The van der Waals surface area contributed by atoms with Crippen molar-refractivity contribution in [3.63, 3.8) is 0 Å². The summed E-state index contributed by atoms with van der Waals surface area (Å²) in [5.41, 5.74) is 14.1. The lowest BCUT2D eigenvalue weighted by Crippen LogP contribution is -1.96. The van der Waals surface area contributed by atoms with Crippen LogP contribution in [0.5, 0.6) is 0 Å². The van der Waals surface area contributed by atoms with Crippen LogP contribution in [0.4, 0.5) is 0 Å². The van der Waals surface area contributed by atoms with Gasteiger partial charge in [-0.05, 0) is 79.2 Å². The number of hydrogen-bond donors (Lipinski definition) is 0. The van der Waals surface area contributed by atoms with Gasteiger partial charge < -0.3 is 4.42 Å². The molecule has 0 N–H and O–H groups in total. The molecule has 3 heteroatoms. The van der Waals surface area contributed by atoms with Crippen molar-refractivity contribution in [2.45, 2.75) is 0 Å². The molecule has 0 radical (unpaired) electrons. The second-order valence-electron chi connectivity index (χ2n) is 13.3. The van der Waals surface area contributed by atoms with Crippen LogP contribution < -0.4 is 0 Å². The van der Waals surface area contributed by atoms with E-state index in [1.807, 2.05) is 12.1 Å². The first-order valence-electron chi connectivity index (χ1n) is 17.3. The summed E-state index contributed by atoms with van der Waals surface area (Å²) in [5.74, 6) is 0.703. The molecule has 8 aromatic carbocycles. The Bertz CT molecular complexity index is 3010. The zero-order chi connectivity index (χ0) is 33.5. The van der Waals surface area contributed by atoms with Crippen molar-refractivity contribution in [3.05, 3.63) is 170 Å². The van der Waals surface area contributed by atoms with E-state index in [9.17, 15) is 0 Å². The first kappa shape index (κ1) is 28.0. The second-order valence-corrected chi connectivity index (χ2v) is 13.3. The fourth-order valence-electron chi connectivity index (χ4n) is 8.06. The number of fused-ring (bicyclic) bond motifs is 8. The highest BCUT2D eigenvalue weighted by Crippen LogP contribution is 2.53. The Morgan fingerprint density at radius 1 is 0.353 bits per heavy atom. The summed E-state index contributed by atoms with van der Waals surface area (Å²) in [6.07, 6.45) is 0. The first-order valence-corrected chi connectivity index (χ1v) is 17.3. The predicted octanol–water partition coefficient (Wildman–Crippen LogP) is 13.0. The van der Waals surface area contributed by atoms with E-state index in [1.54, 1.807) is 0 Å². The van der Waals surface area contributed by atoms with Crippen LogP contribution in [0.3, 0.4) is 0 Å². The maximum Gasteiger partial charge on any atom is 0.160 e. The zero-order valence-corrected chi connectivity index (χ0v) is 27.5. The van der Waals surface area contributed by atoms with Gasteiger partial charge >= 0.3 is 0 Å². The van der Waals surface area contributed by atoms with Crippen LogP contribution in [0, 0.1) is 0 Å². The van der Waals surface area contributed by atoms with Crippen molar-refractivity contribution in [2.75, 3.05) is 0 Å². The van der Waals surface area contributed by atoms with E-state index in [2.05, 4.69) is 158 Å². The van der Waals surface area contributed by atoms with Gasteiger partial charge in [0.1, 0.15) is 11.2 Å². The Morgan fingerprint density at radius 2 is 1.02 bits per heavy atom. The molecule has 10 aromatic rings. The molecule has 0 amide bonds. The molecule has 1 aliphatic carbocycles. The van der Waals surface area contributed by atoms with Gasteiger partial charge in [0.2, 0.25) is 0 Å². The third kappa shape index (κ3) is 4.32. The number of aromatic nitrogens is 2. The summed E-state index contributed by atoms with van der Waals surface area (Å²) in [6.45, 7) is 0. The Hall–Kier alpha value is -6.84. The highest BCUT2D eigenvalue weighted by atomic mass is 16.3. The minimum absolute atomic E-state index is 0.703. The van der Waals surface area contributed by atoms with Gasteiger partial charge in [0, 0.05) is 27.5 Å². The minimum atomic E-state index is 0.703. The molecule has 0 aliphatic heterocycles. The summed E-state index contributed by atoms with van der Waals surface area (Å²) >= 11 is 0. The number of furan rings is 1. The first-order chi connectivity index (χ1) is 25.3. The topological polar surface area (TPSA) is 38.9 Å². The number of benzene rings is 8. The molecule has 0 unspecified atom stereocenters. The van der Waals surface area contributed by atoms with Gasteiger partial charge in [0.05, 0.1) is 11.4 Å². The number of rotatable bonds is 4. The second kappa shape index (κ2) is 10.8. The molecule has 11 rings (SSSR count). The van der Waals surface area contributed by atoms with Crippen molar-refractivity contribution >= 4 is 43.5 Å². The summed E-state index contributed by atoms with van der Waals surface area (Å²) in [6, 6.07) is 60.1. The Kier molecular flexibility index (Phi) is 5.96. The predicted molar refractivity (Wildman–Crippen MR) is 210 cm³/mol. The highest BCUT2D eigenvalue weighted by molar-refractivity contribution is 6.29. The van der Waals surface area contributed by atoms with Crippen molar-refractivity contribution in [1.29, 1.82) is 0 Å². The molecule has 51 heavy (non-hydrogen) atoms. The van der Waals surface area contributed by atoms with E-state index >= 15 is 0 Å². The van der Waals surface area contributed by atoms with E-state index in [0.717, 1.165) is 50.2 Å². The molecule has 2 heterocycles. The van der Waals surface area contributed by atoms with Gasteiger partial charge in [-0.25, -0.2) is 9.97 Å². The Morgan fingerprint density at radius 3 is 1.90 bits per heavy atom. The molecule has 0 atom stereocenters.